The Balaban J connectivity index is 3.52. The minimum absolute atomic E-state index is 0.0535. The van der Waals surface area contributed by atoms with Crippen LogP contribution in [0.25, 0.3) is 0 Å². The van der Waals surface area contributed by atoms with E-state index in [1.165, 1.54) is 0 Å². The number of methoxy groups -OCH3 is 2. The van der Waals surface area contributed by atoms with E-state index >= 15 is 0 Å². The van der Waals surface area contributed by atoms with Crippen molar-refractivity contribution in [3.05, 3.63) is 0 Å². The van der Waals surface area contributed by atoms with Gasteiger partial charge in [0.25, 0.3) is 0 Å². The van der Waals surface area contributed by atoms with Gasteiger partial charge in [-0.25, -0.2) is 0 Å². The van der Waals surface area contributed by atoms with Crippen molar-refractivity contribution in [3.8, 4) is 0 Å². The van der Waals surface area contributed by atoms with E-state index in [1.807, 2.05) is 0 Å². The van der Waals surface area contributed by atoms with Crippen molar-refractivity contribution in [1.29, 1.82) is 0 Å². The highest BCUT2D eigenvalue weighted by Crippen LogP contribution is 2.02. The number of ether oxygens (including phenoxy) is 2. The summed E-state index contributed by atoms with van der Waals surface area (Å²) in [5, 5.41) is 2.75. The van der Waals surface area contributed by atoms with Crippen molar-refractivity contribution in [2.24, 2.45) is 5.92 Å². The van der Waals surface area contributed by atoms with E-state index < -0.39 is 0 Å². The molecule has 0 aromatic heterocycles. The number of carbonyl (C=O) groups is 1. The van der Waals surface area contributed by atoms with Crippen LogP contribution in [0.15, 0.2) is 0 Å². The van der Waals surface area contributed by atoms with Crippen LogP contribution >= 0.6 is 0 Å². The van der Waals surface area contributed by atoms with E-state index in [0.717, 1.165) is 6.42 Å². The van der Waals surface area contributed by atoms with Crippen LogP contribution in [-0.2, 0) is 14.3 Å². The maximum Gasteiger partial charge on any atom is 0.220 e. The first kappa shape index (κ1) is 13.4. The summed E-state index contributed by atoms with van der Waals surface area (Å²) in [6.45, 7) is 4.60. The Labute approximate surface area is 86.0 Å². The van der Waals surface area contributed by atoms with Crippen LogP contribution in [0, 0.1) is 5.92 Å². The zero-order valence-corrected chi connectivity index (χ0v) is 9.50. The molecule has 0 rings (SSSR count). The fourth-order valence-electron chi connectivity index (χ4n) is 0.968. The van der Waals surface area contributed by atoms with Crippen LogP contribution in [0.1, 0.15) is 26.7 Å². The molecule has 0 fully saturated rings. The van der Waals surface area contributed by atoms with E-state index in [4.69, 9.17) is 9.47 Å². The Morgan fingerprint density at radius 3 is 2.29 bits per heavy atom. The predicted molar refractivity (Wildman–Crippen MR) is 54.9 cm³/mol. The Morgan fingerprint density at radius 1 is 1.29 bits per heavy atom. The Morgan fingerprint density at radius 2 is 1.86 bits per heavy atom. The molecule has 0 saturated heterocycles. The van der Waals surface area contributed by atoms with Gasteiger partial charge in [-0.2, -0.15) is 0 Å². The van der Waals surface area contributed by atoms with E-state index in [-0.39, 0.29) is 12.2 Å². The highest BCUT2D eigenvalue weighted by molar-refractivity contribution is 5.75. The van der Waals surface area contributed by atoms with Crippen LogP contribution < -0.4 is 5.32 Å². The number of hydrogen-bond acceptors (Lipinski definition) is 3. The summed E-state index contributed by atoms with van der Waals surface area (Å²) < 4.78 is 9.88. The molecule has 0 spiro atoms. The van der Waals surface area contributed by atoms with Gasteiger partial charge in [-0.15, -0.1) is 0 Å². The molecular weight excluding hydrogens is 182 g/mol. The molecule has 0 aliphatic rings. The maximum atomic E-state index is 11.3. The molecule has 14 heavy (non-hydrogen) atoms. The number of carbonyl (C=O) groups excluding carboxylic acids is 1. The van der Waals surface area contributed by atoms with E-state index in [0.29, 0.717) is 18.9 Å². The minimum atomic E-state index is -0.349. The van der Waals surface area contributed by atoms with E-state index in [2.05, 4.69) is 19.2 Å². The van der Waals surface area contributed by atoms with Crippen LogP contribution in [0.3, 0.4) is 0 Å². The molecule has 84 valence electrons. The number of rotatable bonds is 7. The predicted octanol–water partition coefficient (Wildman–Crippen LogP) is 1.16. The van der Waals surface area contributed by atoms with Crippen molar-refractivity contribution in [1.82, 2.24) is 5.32 Å². The molecule has 0 atom stereocenters. The van der Waals surface area contributed by atoms with Gasteiger partial charge in [-0.05, 0) is 12.3 Å². The molecule has 0 aromatic rings. The summed E-state index contributed by atoms with van der Waals surface area (Å²) in [6.07, 6.45) is 1.13. The second kappa shape index (κ2) is 7.76. The molecule has 1 amide bonds. The van der Waals surface area contributed by atoms with Crippen LogP contribution in [0.4, 0.5) is 0 Å². The Hall–Kier alpha value is -0.610. The molecule has 4 heteroatoms. The summed E-state index contributed by atoms with van der Waals surface area (Å²) in [5.74, 6) is 0.610. The number of amides is 1. The van der Waals surface area contributed by atoms with Gasteiger partial charge in [0.15, 0.2) is 6.29 Å². The summed E-state index contributed by atoms with van der Waals surface area (Å²) in [5.41, 5.74) is 0. The quantitative estimate of drug-likeness (QED) is 0.632. The fraction of sp³-hybridized carbons (Fsp3) is 0.900. The molecule has 0 saturated carbocycles. The number of hydrogen-bond donors (Lipinski definition) is 1. The SMILES string of the molecule is COC(CNC(=O)CCC(C)C)OC. The normalized spacial score (nSPS) is 11.0. The van der Waals surface area contributed by atoms with Crippen molar-refractivity contribution in [3.63, 3.8) is 0 Å². The summed E-state index contributed by atoms with van der Waals surface area (Å²) in [7, 11) is 3.10. The van der Waals surface area contributed by atoms with Gasteiger partial charge in [-0.1, -0.05) is 13.8 Å². The van der Waals surface area contributed by atoms with Crippen LogP contribution in [-0.4, -0.2) is 33.0 Å². The molecule has 1 N–H and O–H groups in total. The largest absolute Gasteiger partial charge is 0.354 e. The fourth-order valence-corrected chi connectivity index (χ4v) is 0.968. The lowest BCUT2D eigenvalue weighted by Gasteiger charge is -2.14. The molecule has 0 unspecified atom stereocenters. The molecule has 0 bridgehead atoms. The topological polar surface area (TPSA) is 47.6 Å². The summed E-state index contributed by atoms with van der Waals surface area (Å²) in [6, 6.07) is 0. The molecule has 0 aliphatic heterocycles. The molecular formula is C10H21NO3. The Kier molecular flexibility index (Phi) is 7.42. The Bertz CT molecular complexity index is 155. The highest BCUT2D eigenvalue weighted by Gasteiger charge is 2.07. The van der Waals surface area contributed by atoms with Crippen molar-refractivity contribution in [2.45, 2.75) is 33.0 Å². The lowest BCUT2D eigenvalue weighted by Crippen LogP contribution is -2.34. The van der Waals surface area contributed by atoms with Gasteiger partial charge in [-0.3, -0.25) is 4.79 Å². The van der Waals surface area contributed by atoms with Gasteiger partial charge < -0.3 is 14.8 Å². The lowest BCUT2D eigenvalue weighted by molar-refractivity contribution is -0.127. The average molecular weight is 203 g/mol. The smallest absolute Gasteiger partial charge is 0.220 e. The molecule has 0 heterocycles. The second-order valence-corrected chi connectivity index (χ2v) is 3.64. The van der Waals surface area contributed by atoms with Crippen molar-refractivity contribution >= 4 is 5.91 Å². The first-order valence-electron chi connectivity index (χ1n) is 4.92. The van der Waals surface area contributed by atoms with Crippen LogP contribution in [0.5, 0.6) is 0 Å². The number of nitrogens with one attached hydrogen (secondary N) is 1. The lowest BCUT2D eigenvalue weighted by atomic mass is 10.1. The monoisotopic (exact) mass is 203 g/mol. The minimum Gasteiger partial charge on any atom is -0.354 e. The van der Waals surface area contributed by atoms with Gasteiger partial charge in [0.2, 0.25) is 5.91 Å². The zero-order chi connectivity index (χ0) is 11.0. The van der Waals surface area contributed by atoms with Crippen molar-refractivity contribution < 1.29 is 14.3 Å². The highest BCUT2D eigenvalue weighted by atomic mass is 16.7. The second-order valence-electron chi connectivity index (χ2n) is 3.64. The van der Waals surface area contributed by atoms with Crippen molar-refractivity contribution in [2.75, 3.05) is 20.8 Å². The average Bonchev–Trinajstić information content (AvgIpc) is 2.16. The first-order chi connectivity index (χ1) is 6.60. The van der Waals surface area contributed by atoms with E-state index in [1.54, 1.807) is 14.2 Å². The third kappa shape index (κ3) is 6.86. The van der Waals surface area contributed by atoms with Gasteiger partial charge in [0, 0.05) is 20.6 Å². The first-order valence-corrected chi connectivity index (χ1v) is 4.92. The molecule has 0 aromatic carbocycles. The zero-order valence-electron chi connectivity index (χ0n) is 9.50. The summed E-state index contributed by atoms with van der Waals surface area (Å²) >= 11 is 0. The van der Waals surface area contributed by atoms with Gasteiger partial charge >= 0.3 is 0 Å². The molecule has 0 radical (unpaired) electrons. The standard InChI is InChI=1S/C10H21NO3/c1-8(2)5-6-9(12)11-7-10(13-3)14-4/h8,10H,5-7H2,1-4H3,(H,11,12). The van der Waals surface area contributed by atoms with Gasteiger partial charge in [0.1, 0.15) is 0 Å². The third-order valence-electron chi connectivity index (χ3n) is 1.94. The van der Waals surface area contributed by atoms with Crippen LogP contribution in [0.2, 0.25) is 0 Å². The summed E-state index contributed by atoms with van der Waals surface area (Å²) in [4.78, 5) is 11.3. The van der Waals surface area contributed by atoms with Gasteiger partial charge in [0.05, 0.1) is 6.54 Å². The third-order valence-corrected chi connectivity index (χ3v) is 1.94. The molecule has 4 nitrogen and oxygen atoms in total. The van der Waals surface area contributed by atoms with E-state index in [9.17, 15) is 4.79 Å². The maximum absolute atomic E-state index is 11.3. The molecule has 0 aliphatic carbocycles.